The summed E-state index contributed by atoms with van der Waals surface area (Å²) in [5.41, 5.74) is 5.15. The SMILES string of the molecule is NC(C(=O)O)C(O)c1ccc(O)c(F)c1. The first kappa shape index (κ1) is 11.4. The van der Waals surface area contributed by atoms with Gasteiger partial charge in [0.15, 0.2) is 11.6 Å². The Morgan fingerprint density at radius 1 is 1.47 bits per heavy atom. The molecule has 2 atom stereocenters. The number of halogens is 1. The van der Waals surface area contributed by atoms with E-state index in [1.54, 1.807) is 0 Å². The van der Waals surface area contributed by atoms with E-state index in [1.807, 2.05) is 0 Å². The Morgan fingerprint density at radius 2 is 2.07 bits per heavy atom. The Morgan fingerprint density at radius 3 is 2.53 bits per heavy atom. The zero-order valence-corrected chi connectivity index (χ0v) is 7.59. The number of benzene rings is 1. The second kappa shape index (κ2) is 4.24. The molecule has 1 aromatic carbocycles. The van der Waals surface area contributed by atoms with Crippen LogP contribution in [-0.4, -0.2) is 27.3 Å². The number of phenolic OH excluding ortho intramolecular Hbond substituents is 1. The van der Waals surface area contributed by atoms with Crippen molar-refractivity contribution in [3.63, 3.8) is 0 Å². The van der Waals surface area contributed by atoms with Crippen molar-refractivity contribution in [2.24, 2.45) is 5.73 Å². The molecule has 0 saturated carbocycles. The number of aliphatic carboxylic acids is 1. The number of carbonyl (C=O) groups is 1. The molecule has 0 spiro atoms. The number of rotatable bonds is 3. The molecular weight excluding hydrogens is 205 g/mol. The average Bonchev–Trinajstić information content (AvgIpc) is 2.19. The van der Waals surface area contributed by atoms with Gasteiger partial charge in [-0.1, -0.05) is 6.07 Å². The molecule has 5 nitrogen and oxygen atoms in total. The first-order chi connectivity index (χ1) is 6.93. The van der Waals surface area contributed by atoms with E-state index in [0.29, 0.717) is 0 Å². The van der Waals surface area contributed by atoms with Gasteiger partial charge in [0.1, 0.15) is 12.1 Å². The molecule has 5 N–H and O–H groups in total. The van der Waals surface area contributed by atoms with E-state index in [9.17, 15) is 14.3 Å². The molecule has 0 aliphatic rings. The molecule has 0 aliphatic carbocycles. The van der Waals surface area contributed by atoms with Crippen molar-refractivity contribution in [1.29, 1.82) is 0 Å². The summed E-state index contributed by atoms with van der Waals surface area (Å²) in [5, 5.41) is 26.8. The summed E-state index contributed by atoms with van der Waals surface area (Å²) in [4.78, 5) is 10.4. The molecule has 0 fully saturated rings. The molecule has 0 saturated heterocycles. The van der Waals surface area contributed by atoms with Crippen LogP contribution < -0.4 is 5.73 Å². The molecule has 6 heteroatoms. The molecule has 0 aromatic heterocycles. The lowest BCUT2D eigenvalue weighted by molar-refractivity contribution is -0.141. The molecule has 0 heterocycles. The van der Waals surface area contributed by atoms with Gasteiger partial charge in [0.05, 0.1) is 0 Å². The van der Waals surface area contributed by atoms with E-state index in [-0.39, 0.29) is 5.56 Å². The summed E-state index contributed by atoms with van der Waals surface area (Å²) in [6, 6.07) is 1.52. The molecule has 0 bridgehead atoms. The minimum atomic E-state index is -1.53. The van der Waals surface area contributed by atoms with Gasteiger partial charge in [-0.25, -0.2) is 4.39 Å². The third-order valence-electron chi connectivity index (χ3n) is 1.94. The zero-order valence-electron chi connectivity index (χ0n) is 7.59. The maximum Gasteiger partial charge on any atom is 0.323 e. The highest BCUT2D eigenvalue weighted by Gasteiger charge is 2.24. The Bertz CT molecular complexity index is 382. The Kier molecular flexibility index (Phi) is 3.23. The zero-order chi connectivity index (χ0) is 11.6. The van der Waals surface area contributed by atoms with Crippen molar-refractivity contribution in [2.75, 3.05) is 0 Å². The number of aliphatic hydroxyl groups excluding tert-OH is 1. The van der Waals surface area contributed by atoms with Crippen LogP contribution in [0.3, 0.4) is 0 Å². The lowest BCUT2D eigenvalue weighted by atomic mass is 10.0. The topological polar surface area (TPSA) is 104 Å². The minimum Gasteiger partial charge on any atom is -0.505 e. The Labute approximate surface area is 84.6 Å². The fraction of sp³-hybridized carbons (Fsp3) is 0.222. The molecule has 0 amide bonds. The van der Waals surface area contributed by atoms with E-state index in [2.05, 4.69) is 0 Å². The first-order valence-corrected chi connectivity index (χ1v) is 4.08. The molecular formula is C9H10FNO4. The highest BCUT2D eigenvalue weighted by Crippen LogP contribution is 2.22. The summed E-state index contributed by atoms with van der Waals surface area (Å²) in [6.07, 6.45) is -1.52. The van der Waals surface area contributed by atoms with Crippen LogP contribution in [0.4, 0.5) is 4.39 Å². The van der Waals surface area contributed by atoms with Gasteiger partial charge in [0.25, 0.3) is 0 Å². The van der Waals surface area contributed by atoms with Crippen LogP contribution in [0, 0.1) is 5.82 Å². The summed E-state index contributed by atoms with van der Waals surface area (Å²) in [7, 11) is 0. The number of nitrogens with two attached hydrogens (primary N) is 1. The van der Waals surface area contributed by atoms with Crippen LogP contribution in [0.25, 0.3) is 0 Å². The number of phenols is 1. The van der Waals surface area contributed by atoms with Gasteiger partial charge in [-0.2, -0.15) is 0 Å². The normalized spacial score (nSPS) is 14.6. The predicted molar refractivity (Wildman–Crippen MR) is 48.6 cm³/mol. The van der Waals surface area contributed by atoms with E-state index in [1.165, 1.54) is 6.07 Å². The van der Waals surface area contributed by atoms with Crippen molar-refractivity contribution in [3.05, 3.63) is 29.6 Å². The van der Waals surface area contributed by atoms with Gasteiger partial charge in [-0.3, -0.25) is 4.79 Å². The maximum absolute atomic E-state index is 12.9. The predicted octanol–water partition coefficient (Wildman–Crippen LogP) is -0.0234. The van der Waals surface area contributed by atoms with Crippen LogP contribution >= 0.6 is 0 Å². The van der Waals surface area contributed by atoms with Crippen LogP contribution in [0.5, 0.6) is 5.75 Å². The molecule has 1 rings (SSSR count). The quantitative estimate of drug-likeness (QED) is 0.567. The van der Waals surface area contributed by atoms with Crippen LogP contribution in [-0.2, 0) is 4.79 Å². The standard InChI is InChI=1S/C9H10FNO4/c10-5-3-4(1-2-6(5)12)8(13)7(11)9(14)15/h1-3,7-8,12-13H,11H2,(H,14,15). The lowest BCUT2D eigenvalue weighted by Gasteiger charge is -2.15. The third kappa shape index (κ3) is 2.42. The number of hydrogen-bond acceptors (Lipinski definition) is 4. The van der Waals surface area contributed by atoms with Crippen LogP contribution in [0.1, 0.15) is 11.7 Å². The van der Waals surface area contributed by atoms with Crippen molar-refractivity contribution < 1.29 is 24.5 Å². The van der Waals surface area contributed by atoms with Crippen molar-refractivity contribution in [1.82, 2.24) is 0 Å². The summed E-state index contributed by atoms with van der Waals surface area (Å²) < 4.78 is 12.9. The molecule has 82 valence electrons. The van der Waals surface area contributed by atoms with Crippen molar-refractivity contribution >= 4 is 5.97 Å². The highest BCUT2D eigenvalue weighted by molar-refractivity contribution is 5.74. The molecule has 0 radical (unpaired) electrons. The second-order valence-corrected chi connectivity index (χ2v) is 3.02. The van der Waals surface area contributed by atoms with Gasteiger partial charge < -0.3 is 21.1 Å². The Hall–Kier alpha value is -1.66. The van der Waals surface area contributed by atoms with Gasteiger partial charge >= 0.3 is 5.97 Å². The van der Waals surface area contributed by atoms with E-state index in [4.69, 9.17) is 15.9 Å². The van der Waals surface area contributed by atoms with Gasteiger partial charge in [0, 0.05) is 0 Å². The maximum atomic E-state index is 12.9. The van der Waals surface area contributed by atoms with E-state index in [0.717, 1.165) is 12.1 Å². The summed E-state index contributed by atoms with van der Waals surface area (Å²) >= 11 is 0. The monoisotopic (exact) mass is 215 g/mol. The fourth-order valence-corrected chi connectivity index (χ4v) is 1.05. The van der Waals surface area contributed by atoms with E-state index < -0.39 is 29.7 Å². The first-order valence-electron chi connectivity index (χ1n) is 4.08. The Balaban J connectivity index is 2.96. The second-order valence-electron chi connectivity index (χ2n) is 3.02. The number of carboxylic acid groups (broad SMARTS) is 1. The van der Waals surface area contributed by atoms with Crippen LogP contribution in [0.15, 0.2) is 18.2 Å². The molecule has 1 aromatic rings. The summed E-state index contributed by atoms with van der Waals surface area (Å²) in [6.45, 7) is 0. The van der Waals surface area contributed by atoms with Gasteiger partial charge in [-0.15, -0.1) is 0 Å². The summed E-state index contributed by atoms with van der Waals surface area (Å²) in [5.74, 6) is -2.91. The molecule has 15 heavy (non-hydrogen) atoms. The largest absolute Gasteiger partial charge is 0.505 e. The molecule has 0 aliphatic heterocycles. The lowest BCUT2D eigenvalue weighted by Crippen LogP contribution is -2.36. The third-order valence-corrected chi connectivity index (χ3v) is 1.94. The van der Waals surface area contributed by atoms with Crippen molar-refractivity contribution in [3.8, 4) is 5.75 Å². The fourth-order valence-electron chi connectivity index (χ4n) is 1.05. The van der Waals surface area contributed by atoms with E-state index >= 15 is 0 Å². The number of hydrogen-bond donors (Lipinski definition) is 4. The number of aromatic hydroxyl groups is 1. The van der Waals surface area contributed by atoms with Gasteiger partial charge in [0.2, 0.25) is 0 Å². The highest BCUT2D eigenvalue weighted by atomic mass is 19.1. The average molecular weight is 215 g/mol. The smallest absolute Gasteiger partial charge is 0.323 e. The van der Waals surface area contributed by atoms with Crippen molar-refractivity contribution in [2.45, 2.75) is 12.1 Å². The van der Waals surface area contributed by atoms with Crippen LogP contribution in [0.2, 0.25) is 0 Å². The molecule has 2 unspecified atom stereocenters. The van der Waals surface area contributed by atoms with Gasteiger partial charge in [-0.05, 0) is 17.7 Å². The number of aliphatic hydroxyl groups is 1. The number of carboxylic acids is 1. The minimum absolute atomic E-state index is 0.000185.